The quantitative estimate of drug-likeness (QED) is 0.566. The number of ether oxygens (including phenoxy) is 4. The molecular weight excluding hydrogens is 237 g/mol. The summed E-state index contributed by atoms with van der Waals surface area (Å²) in [7, 11) is -0.458. The molecule has 90 valence electrons. The molecule has 0 aliphatic carbocycles. The lowest BCUT2D eigenvalue weighted by molar-refractivity contribution is -0.181. The first-order valence-electron chi connectivity index (χ1n) is 4.86. The topological polar surface area (TPSA) is 86.4 Å². The van der Waals surface area contributed by atoms with Gasteiger partial charge in [-0.05, 0) is 0 Å². The highest BCUT2D eigenvalue weighted by Crippen LogP contribution is 2.16. The number of hydrogen-bond donors (Lipinski definition) is 1. The lowest BCUT2D eigenvalue weighted by Crippen LogP contribution is -2.34. The number of carbonyl (C=O) groups excluding carboxylic acids is 2. The lowest BCUT2D eigenvalue weighted by Gasteiger charge is -2.25. The largest absolute Gasteiger partial charge is 0.459 e. The highest BCUT2D eigenvalue weighted by Gasteiger charge is 2.25. The van der Waals surface area contributed by atoms with Crippen molar-refractivity contribution in [1.82, 2.24) is 5.09 Å². The molecule has 0 aromatic carbocycles. The van der Waals surface area contributed by atoms with Crippen molar-refractivity contribution in [3.8, 4) is 0 Å². The van der Waals surface area contributed by atoms with E-state index in [1.54, 1.807) is 0 Å². The minimum atomic E-state index is -0.664. The van der Waals surface area contributed by atoms with Gasteiger partial charge in [0.1, 0.15) is 12.7 Å². The van der Waals surface area contributed by atoms with E-state index in [0.717, 1.165) is 0 Å². The Labute approximate surface area is 93.6 Å². The average molecular weight is 249 g/mol. The van der Waals surface area contributed by atoms with Crippen molar-refractivity contribution in [1.29, 1.82) is 0 Å². The van der Waals surface area contributed by atoms with E-state index >= 15 is 0 Å². The molecule has 2 aliphatic heterocycles. The van der Waals surface area contributed by atoms with Crippen LogP contribution in [0.1, 0.15) is 6.42 Å². The number of carbonyl (C=O) groups is 2. The maximum absolute atomic E-state index is 11.1. The summed E-state index contributed by atoms with van der Waals surface area (Å²) in [6, 6.07) is 0. The average Bonchev–Trinajstić information content (AvgIpc) is 3.01. The Morgan fingerprint density at radius 1 is 1.44 bits per heavy atom. The van der Waals surface area contributed by atoms with Crippen LogP contribution in [0.5, 0.6) is 0 Å². The van der Waals surface area contributed by atoms with Crippen molar-refractivity contribution in [2.75, 3.05) is 19.8 Å². The first-order chi connectivity index (χ1) is 7.74. The predicted octanol–water partition coefficient (Wildman–Crippen LogP) is 0.588. The van der Waals surface area contributed by atoms with E-state index in [4.69, 9.17) is 18.9 Å². The van der Waals surface area contributed by atoms with Crippen LogP contribution in [0.4, 0.5) is 9.59 Å². The van der Waals surface area contributed by atoms with Crippen LogP contribution in [0.15, 0.2) is 0 Å². The van der Waals surface area contributed by atoms with Gasteiger partial charge in [-0.1, -0.05) is 0 Å². The molecule has 0 bridgehead atoms. The van der Waals surface area contributed by atoms with Crippen LogP contribution in [-0.4, -0.2) is 44.0 Å². The van der Waals surface area contributed by atoms with Crippen molar-refractivity contribution < 1.29 is 28.5 Å². The Hall–Kier alpha value is -0.910. The van der Waals surface area contributed by atoms with Crippen LogP contribution in [0.3, 0.4) is 0 Å². The summed E-state index contributed by atoms with van der Waals surface area (Å²) in [6.07, 6.45) is -0.410. The third-order valence-corrected chi connectivity index (χ3v) is 2.64. The molecule has 16 heavy (non-hydrogen) atoms. The molecule has 2 aliphatic rings. The first-order valence-corrected chi connectivity index (χ1v) is 5.86. The van der Waals surface area contributed by atoms with Crippen molar-refractivity contribution in [3.63, 3.8) is 0 Å². The van der Waals surface area contributed by atoms with Crippen molar-refractivity contribution in [2.45, 2.75) is 18.8 Å². The second-order valence-electron chi connectivity index (χ2n) is 3.30. The van der Waals surface area contributed by atoms with E-state index in [1.807, 2.05) is 0 Å². The Balaban J connectivity index is 1.50. The zero-order valence-electron chi connectivity index (χ0n) is 8.43. The zero-order valence-corrected chi connectivity index (χ0v) is 9.43. The Kier molecular flexibility index (Phi) is 3.93. The SMILES string of the molecule is O=C(NPC(=O)OCC1CO1)OC1CCO1. The van der Waals surface area contributed by atoms with Crippen LogP contribution < -0.4 is 5.09 Å². The van der Waals surface area contributed by atoms with Gasteiger partial charge in [0, 0.05) is 6.42 Å². The van der Waals surface area contributed by atoms with E-state index in [0.29, 0.717) is 19.6 Å². The van der Waals surface area contributed by atoms with Gasteiger partial charge in [0.15, 0.2) is 0 Å². The molecule has 3 atom stereocenters. The van der Waals surface area contributed by atoms with Gasteiger partial charge in [-0.25, -0.2) is 9.59 Å². The summed E-state index contributed by atoms with van der Waals surface area (Å²) < 4.78 is 19.3. The van der Waals surface area contributed by atoms with E-state index in [1.165, 1.54) is 0 Å². The number of epoxide rings is 1. The second kappa shape index (κ2) is 5.43. The monoisotopic (exact) mass is 249 g/mol. The fraction of sp³-hybridized carbons (Fsp3) is 0.750. The molecule has 0 saturated carbocycles. The molecule has 1 amide bonds. The summed E-state index contributed by atoms with van der Waals surface area (Å²) in [5.74, 6) is 0. The maximum atomic E-state index is 11.1. The van der Waals surface area contributed by atoms with Gasteiger partial charge in [-0.3, -0.25) is 5.09 Å². The van der Waals surface area contributed by atoms with Crippen LogP contribution >= 0.6 is 8.73 Å². The molecule has 8 heteroatoms. The van der Waals surface area contributed by atoms with Crippen LogP contribution in [-0.2, 0) is 18.9 Å². The lowest BCUT2D eigenvalue weighted by atomic mass is 10.3. The van der Waals surface area contributed by atoms with Crippen molar-refractivity contribution in [2.24, 2.45) is 0 Å². The van der Waals surface area contributed by atoms with Gasteiger partial charge in [0.2, 0.25) is 6.29 Å². The van der Waals surface area contributed by atoms with Crippen LogP contribution in [0, 0.1) is 0 Å². The van der Waals surface area contributed by atoms with Crippen molar-refractivity contribution in [3.05, 3.63) is 0 Å². The molecule has 3 unspecified atom stereocenters. The van der Waals surface area contributed by atoms with Gasteiger partial charge in [-0.2, -0.15) is 0 Å². The highest BCUT2D eigenvalue weighted by molar-refractivity contribution is 7.55. The van der Waals surface area contributed by atoms with Gasteiger partial charge in [-0.15, -0.1) is 0 Å². The van der Waals surface area contributed by atoms with Crippen LogP contribution in [0.2, 0.25) is 0 Å². The molecule has 2 rings (SSSR count). The summed E-state index contributed by atoms with van der Waals surface area (Å²) >= 11 is 0. The Morgan fingerprint density at radius 3 is 2.75 bits per heavy atom. The summed E-state index contributed by atoms with van der Waals surface area (Å²) in [4.78, 5) is 22.1. The fourth-order valence-corrected chi connectivity index (χ4v) is 1.35. The molecule has 0 aromatic heterocycles. The van der Waals surface area contributed by atoms with Crippen LogP contribution in [0.25, 0.3) is 0 Å². The molecule has 0 spiro atoms. The number of amides is 1. The van der Waals surface area contributed by atoms with Gasteiger partial charge >= 0.3 is 11.8 Å². The molecule has 0 radical (unpaired) electrons. The minimum absolute atomic E-state index is 0.0316. The summed E-state index contributed by atoms with van der Waals surface area (Å²) in [6.45, 7) is 1.48. The molecule has 1 N–H and O–H groups in total. The third kappa shape index (κ3) is 3.92. The maximum Gasteiger partial charge on any atom is 0.412 e. The Bertz CT molecular complexity index is 278. The molecule has 2 saturated heterocycles. The predicted molar refractivity (Wildman–Crippen MR) is 53.4 cm³/mol. The summed E-state index contributed by atoms with van der Waals surface area (Å²) in [5.41, 5.74) is -0.484. The zero-order chi connectivity index (χ0) is 11.4. The number of nitrogens with one attached hydrogen (secondary N) is 1. The van der Waals surface area contributed by atoms with Crippen molar-refractivity contribution >= 4 is 20.5 Å². The summed E-state index contributed by atoms with van der Waals surface area (Å²) in [5, 5.41) is 2.30. The minimum Gasteiger partial charge on any atom is -0.459 e. The van der Waals surface area contributed by atoms with E-state index in [9.17, 15) is 9.59 Å². The first kappa shape index (κ1) is 11.6. The Morgan fingerprint density at radius 2 is 2.19 bits per heavy atom. The third-order valence-electron chi connectivity index (χ3n) is 1.97. The van der Waals surface area contributed by atoms with Gasteiger partial charge in [0.05, 0.1) is 21.9 Å². The number of rotatable bonds is 5. The van der Waals surface area contributed by atoms with E-state index < -0.39 is 26.8 Å². The normalized spacial score (nSPS) is 27.2. The van der Waals surface area contributed by atoms with Gasteiger partial charge in [0.25, 0.3) is 0 Å². The molecule has 2 fully saturated rings. The molecule has 2 heterocycles. The van der Waals surface area contributed by atoms with E-state index in [2.05, 4.69) is 5.09 Å². The second-order valence-corrected chi connectivity index (χ2v) is 4.21. The standard InChI is InChI=1S/C8H12NO6P/c10-7(15-6-1-2-12-6)9-16-8(11)14-4-5-3-13-5/h5-6,16H,1-4H2,(H,9,10). The van der Waals surface area contributed by atoms with Gasteiger partial charge < -0.3 is 18.9 Å². The molecular formula is C8H12NO6P. The fourth-order valence-electron chi connectivity index (χ4n) is 0.927. The van der Waals surface area contributed by atoms with E-state index in [-0.39, 0.29) is 12.7 Å². The molecule has 7 nitrogen and oxygen atoms in total. The number of hydrogen-bond acceptors (Lipinski definition) is 6. The highest BCUT2D eigenvalue weighted by atomic mass is 31.1. The molecule has 0 aromatic rings. The smallest absolute Gasteiger partial charge is 0.412 e.